The average Bonchev–Trinajstić information content (AvgIpc) is 3.18. The highest BCUT2D eigenvalue weighted by atomic mass is 16.5. The van der Waals surface area contributed by atoms with E-state index in [-0.39, 0.29) is 11.7 Å². The third kappa shape index (κ3) is 4.62. The molecule has 3 aliphatic rings. The Balaban J connectivity index is 1.54. The molecule has 1 saturated heterocycles. The molecular weight excluding hydrogens is 386 g/mol. The van der Waals surface area contributed by atoms with Crippen LogP contribution in [0.2, 0.25) is 0 Å². The average molecular weight is 424 g/mol. The first-order chi connectivity index (χ1) is 15.1. The highest BCUT2D eigenvalue weighted by molar-refractivity contribution is 6.27. The van der Waals surface area contributed by atoms with Crippen LogP contribution in [0.5, 0.6) is 5.75 Å². The minimum absolute atomic E-state index is 0.154. The van der Waals surface area contributed by atoms with Gasteiger partial charge in [0.25, 0.3) is 0 Å². The molecule has 0 amide bonds. The molecule has 2 N–H and O–H groups in total. The lowest BCUT2D eigenvalue weighted by molar-refractivity contribution is -0.119. The van der Waals surface area contributed by atoms with E-state index in [0.717, 1.165) is 49.4 Å². The van der Waals surface area contributed by atoms with Gasteiger partial charge in [-0.3, -0.25) is 9.79 Å². The standard InChI is InChI=1S/C26H37N3O2/c1-3-5-22(30)23-24(27)21(19-15-26(16-19)11-13-28-17-26)10-12-29-25(23)18-6-8-20(9-7-18)31-14-4-2/h6-9,19,21,23,27-28H,3-5,10-17H2,1-2H3. The lowest BCUT2D eigenvalue weighted by Gasteiger charge is -2.48. The molecule has 168 valence electrons. The minimum atomic E-state index is -0.492. The van der Waals surface area contributed by atoms with Gasteiger partial charge in [0.1, 0.15) is 11.5 Å². The van der Waals surface area contributed by atoms with Crippen LogP contribution in [0.4, 0.5) is 0 Å². The Morgan fingerprint density at radius 2 is 2.00 bits per heavy atom. The SMILES string of the molecule is CCCOc1ccc(C2=NCCC(C3CC4(CCNC4)C3)C(=N)C2C(=O)CCC)cc1. The van der Waals surface area contributed by atoms with Crippen molar-refractivity contribution in [1.29, 1.82) is 5.41 Å². The molecule has 1 aromatic carbocycles. The summed E-state index contributed by atoms with van der Waals surface area (Å²) < 4.78 is 5.72. The van der Waals surface area contributed by atoms with Crippen molar-refractivity contribution in [2.45, 2.75) is 58.8 Å². The zero-order valence-electron chi connectivity index (χ0n) is 19.1. The number of hydrogen-bond acceptors (Lipinski definition) is 5. The fourth-order valence-corrected chi connectivity index (χ4v) is 5.82. The van der Waals surface area contributed by atoms with Gasteiger partial charge < -0.3 is 15.5 Å². The molecule has 4 rings (SSSR count). The number of rotatable bonds is 8. The number of hydrogen-bond donors (Lipinski definition) is 2. The van der Waals surface area contributed by atoms with Gasteiger partial charge in [0.05, 0.1) is 18.2 Å². The van der Waals surface area contributed by atoms with Crippen LogP contribution in [0.15, 0.2) is 29.3 Å². The predicted molar refractivity (Wildman–Crippen MR) is 126 cm³/mol. The molecule has 2 atom stereocenters. The fraction of sp³-hybridized carbons (Fsp3) is 0.654. The van der Waals surface area contributed by atoms with Gasteiger partial charge in [0, 0.05) is 31.1 Å². The quantitative estimate of drug-likeness (QED) is 0.637. The lowest BCUT2D eigenvalue weighted by Crippen LogP contribution is -2.46. The number of benzene rings is 1. The van der Waals surface area contributed by atoms with Gasteiger partial charge in [-0.2, -0.15) is 0 Å². The van der Waals surface area contributed by atoms with E-state index in [9.17, 15) is 4.79 Å². The second-order valence-electron chi connectivity index (χ2n) is 9.73. The molecule has 2 heterocycles. The lowest BCUT2D eigenvalue weighted by atomic mass is 9.56. The van der Waals surface area contributed by atoms with Crippen LogP contribution in [0.3, 0.4) is 0 Å². The Morgan fingerprint density at radius 3 is 2.65 bits per heavy atom. The molecule has 1 aromatic rings. The molecule has 5 heteroatoms. The smallest absolute Gasteiger partial charge is 0.147 e. The first kappa shape index (κ1) is 22.2. The summed E-state index contributed by atoms with van der Waals surface area (Å²) in [6.45, 7) is 7.77. The van der Waals surface area contributed by atoms with E-state index in [1.807, 2.05) is 31.2 Å². The van der Waals surface area contributed by atoms with Gasteiger partial charge >= 0.3 is 0 Å². The number of Topliss-reactive ketones (excluding diaryl/α,β-unsaturated/α-hetero) is 1. The van der Waals surface area contributed by atoms with Gasteiger partial charge in [-0.1, -0.05) is 13.8 Å². The van der Waals surface area contributed by atoms with Crippen LogP contribution in [-0.2, 0) is 4.79 Å². The number of ether oxygens (including phenoxy) is 1. The monoisotopic (exact) mass is 423 g/mol. The van der Waals surface area contributed by atoms with Gasteiger partial charge in [-0.05, 0) is 86.2 Å². The number of carbonyl (C=O) groups is 1. The third-order valence-corrected chi connectivity index (χ3v) is 7.44. The molecule has 1 spiro atoms. The van der Waals surface area contributed by atoms with E-state index < -0.39 is 5.92 Å². The van der Waals surface area contributed by atoms with Crippen LogP contribution in [-0.4, -0.2) is 43.4 Å². The largest absolute Gasteiger partial charge is 0.494 e. The summed E-state index contributed by atoms with van der Waals surface area (Å²) >= 11 is 0. The summed E-state index contributed by atoms with van der Waals surface area (Å²) in [7, 11) is 0. The van der Waals surface area contributed by atoms with Crippen molar-refractivity contribution >= 4 is 17.2 Å². The van der Waals surface area contributed by atoms with Crippen LogP contribution >= 0.6 is 0 Å². The maximum absolute atomic E-state index is 13.2. The molecule has 2 aliphatic heterocycles. The van der Waals surface area contributed by atoms with Gasteiger partial charge in [-0.25, -0.2) is 0 Å². The van der Waals surface area contributed by atoms with Crippen LogP contribution in [0.1, 0.15) is 64.4 Å². The highest BCUT2D eigenvalue weighted by Gasteiger charge is 2.50. The minimum Gasteiger partial charge on any atom is -0.494 e. The van der Waals surface area contributed by atoms with Crippen molar-refractivity contribution in [1.82, 2.24) is 5.32 Å². The molecule has 5 nitrogen and oxygen atoms in total. The maximum atomic E-state index is 13.2. The number of aliphatic imine (C=N–C) groups is 1. The molecule has 1 aliphatic carbocycles. The Bertz CT molecular complexity index is 816. The van der Waals surface area contributed by atoms with Gasteiger partial charge in [0.2, 0.25) is 0 Å². The number of nitrogens with one attached hydrogen (secondary N) is 2. The van der Waals surface area contributed by atoms with Crippen LogP contribution in [0, 0.1) is 28.6 Å². The maximum Gasteiger partial charge on any atom is 0.147 e. The number of carbonyl (C=O) groups excluding carboxylic acids is 1. The predicted octanol–water partition coefficient (Wildman–Crippen LogP) is 4.68. The van der Waals surface area contributed by atoms with Gasteiger partial charge in [-0.15, -0.1) is 0 Å². The van der Waals surface area contributed by atoms with E-state index in [4.69, 9.17) is 15.1 Å². The normalized spacial score (nSPS) is 30.6. The molecule has 0 radical (unpaired) electrons. The van der Waals surface area contributed by atoms with Gasteiger partial charge in [0.15, 0.2) is 0 Å². The van der Waals surface area contributed by atoms with Crippen LogP contribution in [0.25, 0.3) is 0 Å². The van der Waals surface area contributed by atoms with Crippen molar-refractivity contribution in [3.8, 4) is 5.75 Å². The first-order valence-electron chi connectivity index (χ1n) is 12.2. The zero-order chi connectivity index (χ0) is 21.8. The molecule has 31 heavy (non-hydrogen) atoms. The summed E-state index contributed by atoms with van der Waals surface area (Å²) in [5, 5.41) is 12.7. The van der Waals surface area contributed by atoms with Crippen molar-refractivity contribution in [2.75, 3.05) is 26.2 Å². The summed E-state index contributed by atoms with van der Waals surface area (Å²) in [6.07, 6.45) is 6.83. The van der Waals surface area contributed by atoms with E-state index in [1.54, 1.807) is 0 Å². The summed E-state index contributed by atoms with van der Waals surface area (Å²) in [5.74, 6) is 1.22. The summed E-state index contributed by atoms with van der Waals surface area (Å²) in [4.78, 5) is 18.1. The Labute approximate surface area is 186 Å². The van der Waals surface area contributed by atoms with E-state index in [0.29, 0.717) is 36.6 Å². The molecule has 2 unspecified atom stereocenters. The van der Waals surface area contributed by atoms with Crippen molar-refractivity contribution in [3.63, 3.8) is 0 Å². The molecule has 0 bridgehead atoms. The second kappa shape index (κ2) is 9.64. The second-order valence-corrected chi connectivity index (χ2v) is 9.73. The summed E-state index contributed by atoms with van der Waals surface area (Å²) in [5.41, 5.74) is 2.82. The van der Waals surface area contributed by atoms with Crippen molar-refractivity contribution in [3.05, 3.63) is 29.8 Å². The van der Waals surface area contributed by atoms with E-state index in [2.05, 4.69) is 12.2 Å². The topological polar surface area (TPSA) is 74.5 Å². The van der Waals surface area contributed by atoms with Crippen molar-refractivity contribution in [2.24, 2.45) is 28.2 Å². The number of nitrogens with zero attached hydrogens (tertiary/aromatic N) is 1. The Hall–Kier alpha value is -2.01. The highest BCUT2D eigenvalue weighted by Crippen LogP contribution is 2.54. The molecular formula is C26H37N3O2. The Morgan fingerprint density at radius 1 is 1.23 bits per heavy atom. The van der Waals surface area contributed by atoms with Crippen molar-refractivity contribution < 1.29 is 9.53 Å². The Kier molecular flexibility index (Phi) is 6.90. The van der Waals surface area contributed by atoms with Crippen LogP contribution < -0.4 is 10.1 Å². The molecule has 2 fully saturated rings. The molecule has 1 saturated carbocycles. The fourth-order valence-electron chi connectivity index (χ4n) is 5.82. The molecule has 0 aromatic heterocycles. The van der Waals surface area contributed by atoms with E-state index in [1.165, 1.54) is 19.3 Å². The number of ketones is 1. The third-order valence-electron chi connectivity index (χ3n) is 7.44. The zero-order valence-corrected chi connectivity index (χ0v) is 19.1. The first-order valence-corrected chi connectivity index (χ1v) is 12.2. The van der Waals surface area contributed by atoms with E-state index >= 15 is 0 Å². The summed E-state index contributed by atoms with van der Waals surface area (Å²) in [6, 6.07) is 7.94.